The van der Waals surface area contributed by atoms with E-state index in [0.717, 1.165) is 5.41 Å². The summed E-state index contributed by atoms with van der Waals surface area (Å²) < 4.78 is 29.3. The number of nitrogens with zero attached hydrogens (tertiary/aromatic N) is 1. The number of nitrogens with one attached hydrogen (secondary N) is 1. The molecule has 5 nitrogen and oxygen atoms in total. The minimum atomic E-state index is -3.38. The summed E-state index contributed by atoms with van der Waals surface area (Å²) in [7, 11) is -3.38. The lowest BCUT2D eigenvalue weighted by Crippen LogP contribution is -2.20. The van der Waals surface area contributed by atoms with Crippen molar-refractivity contribution in [2.45, 2.75) is 19.9 Å². The smallest absolute Gasteiger partial charge is 0.233 e. The number of rotatable bonds is 5. The Bertz CT molecular complexity index is 408. The normalized spacial score (nSPS) is 11.5. The maximum Gasteiger partial charge on any atom is 0.233 e. The Hall–Kier alpha value is -1.14. The maximum absolute atomic E-state index is 11.0. The lowest BCUT2D eigenvalue weighted by molar-refractivity contribution is 0.501. The van der Waals surface area contributed by atoms with Gasteiger partial charge in [0.2, 0.25) is 10.0 Å². The Balaban J connectivity index is 2.58. The molecular weight excluding hydrogens is 204 g/mol. The van der Waals surface area contributed by atoms with Gasteiger partial charge in [0.05, 0.1) is 12.2 Å². The first-order valence-corrected chi connectivity index (χ1v) is 5.67. The van der Waals surface area contributed by atoms with Crippen LogP contribution in [-0.2, 0) is 23.0 Å². The fourth-order valence-corrected chi connectivity index (χ4v) is 1.29. The summed E-state index contributed by atoms with van der Waals surface area (Å²) in [5.74, 6) is 0.595. The van der Waals surface area contributed by atoms with Crippen molar-refractivity contribution in [3.8, 4) is 0 Å². The number of aryl methyl sites for hydroxylation is 1. The third kappa shape index (κ3) is 2.97. The molecule has 0 aromatic carbocycles. The van der Waals surface area contributed by atoms with Crippen LogP contribution in [-0.4, -0.2) is 13.4 Å². The van der Waals surface area contributed by atoms with Crippen molar-refractivity contribution in [1.29, 1.82) is 0 Å². The van der Waals surface area contributed by atoms with Gasteiger partial charge in [-0.1, -0.05) is 13.5 Å². The summed E-state index contributed by atoms with van der Waals surface area (Å²) in [6.45, 7) is 5.20. The molecular formula is C8H12N2O3S. The Morgan fingerprint density at radius 3 is 2.93 bits per heavy atom. The van der Waals surface area contributed by atoms with Crippen LogP contribution < -0.4 is 4.72 Å². The van der Waals surface area contributed by atoms with Crippen molar-refractivity contribution in [1.82, 2.24) is 9.71 Å². The van der Waals surface area contributed by atoms with Gasteiger partial charge < -0.3 is 4.42 Å². The molecule has 0 bridgehead atoms. The van der Waals surface area contributed by atoms with Gasteiger partial charge in [0.25, 0.3) is 0 Å². The average Bonchev–Trinajstić information content (AvgIpc) is 2.63. The van der Waals surface area contributed by atoms with E-state index in [1.807, 2.05) is 6.92 Å². The molecule has 1 aromatic rings. The van der Waals surface area contributed by atoms with Gasteiger partial charge in [-0.25, -0.2) is 18.1 Å². The monoisotopic (exact) mass is 216 g/mol. The zero-order valence-corrected chi connectivity index (χ0v) is 8.67. The molecule has 0 aliphatic carbocycles. The van der Waals surface area contributed by atoms with E-state index in [4.69, 9.17) is 4.42 Å². The molecule has 6 heteroatoms. The van der Waals surface area contributed by atoms with E-state index in [2.05, 4.69) is 16.3 Å². The highest BCUT2D eigenvalue weighted by atomic mass is 32.2. The van der Waals surface area contributed by atoms with E-state index >= 15 is 0 Å². The van der Waals surface area contributed by atoms with Crippen LogP contribution in [0, 0.1) is 0 Å². The Labute approximate surface area is 82.9 Å². The average molecular weight is 216 g/mol. The molecule has 0 aliphatic heterocycles. The highest BCUT2D eigenvalue weighted by Gasteiger charge is 2.06. The van der Waals surface area contributed by atoms with Crippen LogP contribution in [0.15, 0.2) is 22.7 Å². The molecule has 0 amide bonds. The summed E-state index contributed by atoms with van der Waals surface area (Å²) in [6.07, 6.45) is 2.12. The van der Waals surface area contributed by atoms with Crippen molar-refractivity contribution in [2.24, 2.45) is 0 Å². The molecule has 0 radical (unpaired) electrons. The second-order valence-electron chi connectivity index (χ2n) is 2.62. The molecule has 78 valence electrons. The number of sulfonamides is 1. The Kier molecular flexibility index (Phi) is 3.43. The van der Waals surface area contributed by atoms with Gasteiger partial charge >= 0.3 is 0 Å². The van der Waals surface area contributed by atoms with Gasteiger partial charge in [-0.3, -0.25) is 0 Å². The molecule has 0 saturated carbocycles. The van der Waals surface area contributed by atoms with Gasteiger partial charge in [-0.2, -0.15) is 0 Å². The van der Waals surface area contributed by atoms with Gasteiger partial charge in [0, 0.05) is 11.8 Å². The number of aromatic nitrogens is 1. The molecule has 14 heavy (non-hydrogen) atoms. The topological polar surface area (TPSA) is 72.2 Å². The van der Waals surface area contributed by atoms with Crippen LogP contribution in [0.1, 0.15) is 18.5 Å². The van der Waals surface area contributed by atoms with Gasteiger partial charge in [0.1, 0.15) is 6.26 Å². The van der Waals surface area contributed by atoms with Crippen LogP contribution in [0.5, 0.6) is 0 Å². The van der Waals surface area contributed by atoms with Crippen molar-refractivity contribution in [3.63, 3.8) is 0 Å². The third-order valence-corrected chi connectivity index (χ3v) is 2.56. The van der Waals surface area contributed by atoms with Crippen LogP contribution in [0.25, 0.3) is 0 Å². The minimum Gasteiger partial charge on any atom is -0.449 e. The summed E-state index contributed by atoms with van der Waals surface area (Å²) >= 11 is 0. The fraction of sp³-hybridized carbons (Fsp3) is 0.375. The first-order chi connectivity index (χ1) is 6.57. The second kappa shape index (κ2) is 4.39. The predicted octanol–water partition coefficient (Wildman–Crippen LogP) is 0.800. The molecule has 1 aromatic heterocycles. The lowest BCUT2D eigenvalue weighted by atomic mass is 10.5. The first kappa shape index (κ1) is 10.9. The molecule has 0 unspecified atom stereocenters. The largest absolute Gasteiger partial charge is 0.449 e. The van der Waals surface area contributed by atoms with E-state index in [0.29, 0.717) is 18.0 Å². The van der Waals surface area contributed by atoms with Crippen LogP contribution in [0.2, 0.25) is 0 Å². The number of hydrogen-bond donors (Lipinski definition) is 1. The van der Waals surface area contributed by atoms with Crippen molar-refractivity contribution >= 4 is 10.0 Å². The molecule has 1 heterocycles. The summed E-state index contributed by atoms with van der Waals surface area (Å²) in [5.41, 5.74) is 0.562. The standard InChI is InChI=1S/C8H12N2O3S/c1-3-8-10-7(6-13-8)5-9-14(11,12)4-2/h4,6,9H,2-3,5H2,1H3. The second-order valence-corrected chi connectivity index (χ2v) is 4.33. The SMILES string of the molecule is C=CS(=O)(=O)NCc1coc(CC)n1. The van der Waals surface area contributed by atoms with Gasteiger partial charge in [0.15, 0.2) is 5.89 Å². The maximum atomic E-state index is 11.0. The molecule has 1 N–H and O–H groups in total. The Morgan fingerprint density at radius 2 is 2.43 bits per heavy atom. The van der Waals surface area contributed by atoms with Crippen LogP contribution in [0.4, 0.5) is 0 Å². The highest BCUT2D eigenvalue weighted by Crippen LogP contribution is 2.02. The minimum absolute atomic E-state index is 0.123. The fourth-order valence-electron chi connectivity index (χ4n) is 0.826. The van der Waals surface area contributed by atoms with Crippen molar-refractivity contribution < 1.29 is 12.8 Å². The van der Waals surface area contributed by atoms with E-state index < -0.39 is 10.0 Å². The first-order valence-electron chi connectivity index (χ1n) is 4.12. The third-order valence-electron chi connectivity index (χ3n) is 1.58. The summed E-state index contributed by atoms with van der Waals surface area (Å²) in [5, 5.41) is 0.855. The quantitative estimate of drug-likeness (QED) is 0.790. The zero-order valence-electron chi connectivity index (χ0n) is 7.86. The molecule has 0 fully saturated rings. The molecule has 1 rings (SSSR count). The summed E-state index contributed by atoms with van der Waals surface area (Å²) in [4.78, 5) is 4.04. The summed E-state index contributed by atoms with van der Waals surface area (Å²) in [6, 6.07) is 0. The van der Waals surface area contributed by atoms with Crippen LogP contribution >= 0.6 is 0 Å². The van der Waals surface area contributed by atoms with E-state index in [1.54, 1.807) is 0 Å². The van der Waals surface area contributed by atoms with E-state index in [9.17, 15) is 8.42 Å². The number of oxazole rings is 1. The Morgan fingerprint density at radius 1 is 1.71 bits per heavy atom. The highest BCUT2D eigenvalue weighted by molar-refractivity contribution is 7.92. The molecule has 0 atom stereocenters. The van der Waals surface area contributed by atoms with Crippen molar-refractivity contribution in [3.05, 3.63) is 29.8 Å². The number of hydrogen-bond acceptors (Lipinski definition) is 4. The predicted molar refractivity (Wildman–Crippen MR) is 51.8 cm³/mol. The van der Waals surface area contributed by atoms with Gasteiger partial charge in [-0.05, 0) is 0 Å². The van der Waals surface area contributed by atoms with Crippen LogP contribution in [0.3, 0.4) is 0 Å². The van der Waals surface area contributed by atoms with E-state index in [-0.39, 0.29) is 6.54 Å². The molecule has 0 aliphatic rings. The molecule has 0 saturated heterocycles. The lowest BCUT2D eigenvalue weighted by Gasteiger charge is -1.97. The molecule has 0 spiro atoms. The van der Waals surface area contributed by atoms with Gasteiger partial charge in [-0.15, -0.1) is 0 Å². The van der Waals surface area contributed by atoms with Crippen molar-refractivity contribution in [2.75, 3.05) is 0 Å². The zero-order chi connectivity index (χ0) is 10.6. The van der Waals surface area contributed by atoms with E-state index in [1.165, 1.54) is 6.26 Å².